The van der Waals surface area contributed by atoms with Crippen LogP contribution >= 0.6 is 11.3 Å². The third-order valence-corrected chi connectivity index (χ3v) is 3.50. The average molecular weight is 296 g/mol. The van der Waals surface area contributed by atoms with Gasteiger partial charge in [0.2, 0.25) is 0 Å². The Bertz CT molecular complexity index is 698. The highest BCUT2D eigenvalue weighted by Gasteiger charge is 2.16. The molecule has 0 spiro atoms. The molecule has 0 bridgehead atoms. The monoisotopic (exact) mass is 296 g/mol. The largest absolute Gasteiger partial charge is 0.366 e. The zero-order chi connectivity index (χ0) is 14.9. The van der Waals surface area contributed by atoms with Crippen molar-refractivity contribution in [1.29, 1.82) is 0 Å². The third-order valence-electron chi connectivity index (χ3n) is 2.53. The molecule has 2 rings (SSSR count). The van der Waals surface area contributed by atoms with Crippen LogP contribution < -0.4 is 11.1 Å². The van der Waals surface area contributed by atoms with Crippen molar-refractivity contribution in [2.24, 2.45) is 5.73 Å². The summed E-state index contributed by atoms with van der Waals surface area (Å²) in [5.74, 6) is -3.47. The fourth-order valence-corrected chi connectivity index (χ4v) is 2.51. The molecule has 3 N–H and O–H groups in total. The van der Waals surface area contributed by atoms with Crippen molar-refractivity contribution in [2.75, 3.05) is 5.32 Å². The first-order chi connectivity index (χ1) is 9.38. The van der Waals surface area contributed by atoms with Gasteiger partial charge in [-0.3, -0.25) is 9.59 Å². The average Bonchev–Trinajstić information content (AvgIpc) is 2.73. The molecule has 104 valence electrons. The van der Waals surface area contributed by atoms with Gasteiger partial charge in [0.1, 0.15) is 5.00 Å². The lowest BCUT2D eigenvalue weighted by Crippen LogP contribution is -2.16. The molecule has 4 nitrogen and oxygen atoms in total. The molecule has 2 amide bonds. The van der Waals surface area contributed by atoms with E-state index in [0.29, 0.717) is 0 Å². The Morgan fingerprint density at radius 2 is 1.90 bits per heavy atom. The van der Waals surface area contributed by atoms with Crippen molar-refractivity contribution < 1.29 is 18.4 Å². The summed E-state index contributed by atoms with van der Waals surface area (Å²) >= 11 is 1.17. The van der Waals surface area contributed by atoms with Crippen LogP contribution in [0.25, 0.3) is 0 Å². The summed E-state index contributed by atoms with van der Waals surface area (Å²) in [6.07, 6.45) is 0. The molecule has 1 aromatic carbocycles. The highest BCUT2D eigenvalue weighted by atomic mass is 32.1. The molecule has 1 aromatic heterocycles. The van der Waals surface area contributed by atoms with Gasteiger partial charge in [-0.15, -0.1) is 11.3 Å². The summed E-state index contributed by atoms with van der Waals surface area (Å²) in [5, 5.41) is 2.75. The van der Waals surface area contributed by atoms with E-state index in [4.69, 9.17) is 5.73 Å². The Morgan fingerprint density at radius 1 is 1.20 bits per heavy atom. The second-order valence-corrected chi connectivity index (χ2v) is 5.30. The number of aryl methyl sites for hydroxylation is 1. The van der Waals surface area contributed by atoms with E-state index in [9.17, 15) is 18.4 Å². The van der Waals surface area contributed by atoms with E-state index < -0.39 is 23.4 Å². The molecular weight excluding hydrogens is 286 g/mol. The molecular formula is C13H10F2N2O2S. The summed E-state index contributed by atoms with van der Waals surface area (Å²) < 4.78 is 25.9. The molecule has 7 heteroatoms. The van der Waals surface area contributed by atoms with Crippen molar-refractivity contribution in [3.63, 3.8) is 0 Å². The van der Waals surface area contributed by atoms with Gasteiger partial charge >= 0.3 is 0 Å². The van der Waals surface area contributed by atoms with Gasteiger partial charge in [-0.25, -0.2) is 8.78 Å². The predicted octanol–water partition coefficient (Wildman–Crippen LogP) is 2.69. The number of rotatable bonds is 3. The molecule has 0 aliphatic rings. The minimum atomic E-state index is -1.12. The van der Waals surface area contributed by atoms with Gasteiger partial charge in [0, 0.05) is 10.4 Å². The van der Waals surface area contributed by atoms with E-state index >= 15 is 0 Å². The number of primary amides is 1. The summed E-state index contributed by atoms with van der Waals surface area (Å²) in [6, 6.07) is 4.35. The van der Waals surface area contributed by atoms with Crippen LogP contribution in [-0.2, 0) is 0 Å². The third kappa shape index (κ3) is 2.83. The molecule has 0 radical (unpaired) electrons. The fourth-order valence-electron chi connectivity index (χ4n) is 1.60. The lowest BCUT2D eigenvalue weighted by Gasteiger charge is -2.05. The number of benzene rings is 1. The molecule has 0 atom stereocenters. The molecule has 1 heterocycles. The van der Waals surface area contributed by atoms with E-state index in [1.807, 2.05) is 0 Å². The summed E-state index contributed by atoms with van der Waals surface area (Å²) in [4.78, 5) is 23.9. The number of nitrogens with two attached hydrogens (primary N) is 1. The van der Waals surface area contributed by atoms with Gasteiger partial charge in [0.15, 0.2) is 11.6 Å². The first kappa shape index (κ1) is 14.1. The van der Waals surface area contributed by atoms with Crippen LogP contribution in [0.1, 0.15) is 25.6 Å². The number of amides is 2. The molecule has 0 fully saturated rings. The Kier molecular flexibility index (Phi) is 3.80. The first-order valence-electron chi connectivity index (χ1n) is 5.55. The lowest BCUT2D eigenvalue weighted by molar-refractivity contribution is 0.100. The van der Waals surface area contributed by atoms with E-state index in [-0.39, 0.29) is 16.1 Å². The fraction of sp³-hybridized carbons (Fsp3) is 0.0769. The van der Waals surface area contributed by atoms with Gasteiger partial charge < -0.3 is 11.1 Å². The predicted molar refractivity (Wildman–Crippen MR) is 71.9 cm³/mol. The Hall–Kier alpha value is -2.28. The molecule has 0 aliphatic heterocycles. The highest BCUT2D eigenvalue weighted by molar-refractivity contribution is 7.16. The van der Waals surface area contributed by atoms with Crippen LogP contribution in [0.2, 0.25) is 0 Å². The van der Waals surface area contributed by atoms with E-state index in [2.05, 4.69) is 5.32 Å². The quantitative estimate of drug-likeness (QED) is 0.914. The first-order valence-corrected chi connectivity index (χ1v) is 6.37. The minimum absolute atomic E-state index is 0.0506. The maximum absolute atomic E-state index is 13.1. The topological polar surface area (TPSA) is 72.2 Å². The van der Waals surface area contributed by atoms with Crippen molar-refractivity contribution in [2.45, 2.75) is 6.92 Å². The Balaban J connectivity index is 2.27. The van der Waals surface area contributed by atoms with E-state index in [1.54, 1.807) is 13.0 Å². The van der Waals surface area contributed by atoms with Crippen molar-refractivity contribution in [3.8, 4) is 0 Å². The summed E-state index contributed by atoms with van der Waals surface area (Å²) in [6.45, 7) is 1.75. The molecule has 20 heavy (non-hydrogen) atoms. The number of thiophene rings is 1. The van der Waals surface area contributed by atoms with Gasteiger partial charge in [-0.1, -0.05) is 0 Å². The van der Waals surface area contributed by atoms with Crippen LogP contribution in [0.15, 0.2) is 24.3 Å². The molecule has 0 saturated carbocycles. The number of carbonyl (C=O) groups is 2. The maximum Gasteiger partial charge on any atom is 0.256 e. The van der Waals surface area contributed by atoms with Crippen molar-refractivity contribution in [3.05, 3.63) is 51.9 Å². The van der Waals surface area contributed by atoms with Crippen LogP contribution in [0.3, 0.4) is 0 Å². The second-order valence-electron chi connectivity index (χ2n) is 4.05. The SMILES string of the molecule is Cc1cc(C(N)=O)c(NC(=O)c2ccc(F)c(F)c2)s1. The lowest BCUT2D eigenvalue weighted by atomic mass is 10.2. The summed E-state index contributed by atoms with van der Waals surface area (Å²) in [7, 11) is 0. The molecule has 0 aliphatic carbocycles. The maximum atomic E-state index is 13.1. The standard InChI is InChI=1S/C13H10F2N2O2S/c1-6-4-8(11(16)18)13(20-6)17-12(19)7-2-3-9(14)10(15)5-7/h2-5H,1H3,(H2,16,18)(H,17,19). The minimum Gasteiger partial charge on any atom is -0.366 e. The number of hydrogen-bond acceptors (Lipinski definition) is 3. The van der Waals surface area contributed by atoms with Gasteiger partial charge in [-0.05, 0) is 31.2 Å². The number of hydrogen-bond donors (Lipinski definition) is 2. The summed E-state index contributed by atoms with van der Waals surface area (Å²) in [5.41, 5.74) is 5.33. The zero-order valence-electron chi connectivity index (χ0n) is 10.4. The number of carbonyl (C=O) groups excluding carboxylic acids is 2. The van der Waals surface area contributed by atoms with E-state index in [1.165, 1.54) is 11.3 Å². The smallest absolute Gasteiger partial charge is 0.256 e. The molecule has 2 aromatic rings. The van der Waals surface area contributed by atoms with Gasteiger partial charge in [0.05, 0.1) is 5.56 Å². The van der Waals surface area contributed by atoms with Crippen LogP contribution in [0, 0.1) is 18.6 Å². The van der Waals surface area contributed by atoms with Crippen molar-refractivity contribution in [1.82, 2.24) is 0 Å². The Morgan fingerprint density at radius 3 is 2.50 bits per heavy atom. The van der Waals surface area contributed by atoms with Crippen LogP contribution in [-0.4, -0.2) is 11.8 Å². The van der Waals surface area contributed by atoms with Crippen molar-refractivity contribution >= 4 is 28.2 Å². The van der Waals surface area contributed by atoms with E-state index in [0.717, 1.165) is 23.1 Å². The normalized spacial score (nSPS) is 10.3. The number of anilines is 1. The Labute approximate surface area is 117 Å². The van der Waals surface area contributed by atoms with Gasteiger partial charge in [0.25, 0.3) is 11.8 Å². The van der Waals surface area contributed by atoms with Gasteiger partial charge in [-0.2, -0.15) is 0 Å². The van der Waals surface area contributed by atoms with Crippen LogP contribution in [0.4, 0.5) is 13.8 Å². The second kappa shape index (κ2) is 5.38. The molecule has 0 saturated heterocycles. The number of nitrogens with one attached hydrogen (secondary N) is 1. The highest BCUT2D eigenvalue weighted by Crippen LogP contribution is 2.27. The number of halogens is 2. The zero-order valence-corrected chi connectivity index (χ0v) is 11.2. The van der Waals surface area contributed by atoms with Crippen LogP contribution in [0.5, 0.6) is 0 Å². The molecule has 0 unspecified atom stereocenters.